The van der Waals surface area contributed by atoms with Gasteiger partial charge in [0.25, 0.3) is 0 Å². The van der Waals surface area contributed by atoms with Gasteiger partial charge < -0.3 is 15.1 Å². The zero-order valence-corrected chi connectivity index (χ0v) is 18.7. The molecule has 2 aromatic rings. The van der Waals surface area contributed by atoms with Gasteiger partial charge in [0.1, 0.15) is 0 Å². The molecule has 0 aliphatic rings. The molecule has 29 heavy (non-hydrogen) atoms. The molecule has 0 aliphatic carbocycles. The Balaban J connectivity index is 1.82. The van der Waals surface area contributed by atoms with Crippen LogP contribution < -0.4 is 5.32 Å². The lowest BCUT2D eigenvalue weighted by Gasteiger charge is -2.12. The summed E-state index contributed by atoms with van der Waals surface area (Å²) in [7, 11) is -3.90. The van der Waals surface area contributed by atoms with Gasteiger partial charge >= 0.3 is 7.60 Å². The molecule has 0 fully saturated rings. The fourth-order valence-corrected chi connectivity index (χ4v) is 4.30. The van der Waals surface area contributed by atoms with Crippen molar-refractivity contribution in [3.8, 4) is 0 Å². The summed E-state index contributed by atoms with van der Waals surface area (Å²) in [6, 6.07) is 8.51. The molecule has 0 amide bonds. The highest BCUT2D eigenvalue weighted by Crippen LogP contribution is 2.34. The Morgan fingerprint density at radius 2 is 1.62 bits per heavy atom. The van der Waals surface area contributed by atoms with E-state index in [1.807, 2.05) is 12.3 Å². The van der Waals surface area contributed by atoms with Gasteiger partial charge in [0, 0.05) is 18.1 Å². The summed E-state index contributed by atoms with van der Waals surface area (Å²) in [5.74, 6) is 0. The van der Waals surface area contributed by atoms with Crippen LogP contribution in [0.1, 0.15) is 75.8 Å². The van der Waals surface area contributed by atoms with Crippen LogP contribution in [0.4, 0.5) is 0 Å². The number of hydrogen-bond donors (Lipinski definition) is 3. The summed E-state index contributed by atoms with van der Waals surface area (Å²) in [6.45, 7) is 3.50. The number of unbranched alkanes of at least 4 members (excludes halogenated alkanes) is 7. The summed E-state index contributed by atoms with van der Waals surface area (Å²) >= 11 is 0. The van der Waals surface area contributed by atoms with Gasteiger partial charge in [-0.15, -0.1) is 0 Å². The van der Waals surface area contributed by atoms with Crippen molar-refractivity contribution in [3.63, 3.8) is 0 Å². The lowest BCUT2D eigenvalue weighted by Crippen LogP contribution is -2.16. The van der Waals surface area contributed by atoms with E-state index >= 15 is 0 Å². The average Bonchev–Trinajstić information content (AvgIpc) is 2.70. The molecule has 0 bridgehead atoms. The summed E-state index contributed by atoms with van der Waals surface area (Å²) in [5, 5.41) is 4.51. The highest BCUT2D eigenvalue weighted by molar-refractivity contribution is 7.51. The van der Waals surface area contributed by atoms with E-state index in [0.717, 1.165) is 17.5 Å². The molecule has 0 aliphatic heterocycles. The van der Waals surface area contributed by atoms with Crippen LogP contribution in [0, 0.1) is 0 Å². The van der Waals surface area contributed by atoms with E-state index in [9.17, 15) is 4.57 Å². The van der Waals surface area contributed by atoms with Crippen molar-refractivity contribution in [2.45, 2.75) is 77.7 Å². The normalized spacial score (nSPS) is 12.0. The van der Waals surface area contributed by atoms with Crippen molar-refractivity contribution in [1.29, 1.82) is 0 Å². The number of hydrogen-bond acceptors (Lipinski definition) is 3. The Labute approximate surface area is 175 Å². The second-order valence-corrected chi connectivity index (χ2v) is 9.70. The van der Waals surface area contributed by atoms with Crippen LogP contribution in [0.3, 0.4) is 0 Å². The molecule has 5 nitrogen and oxygen atoms in total. The number of aromatic nitrogens is 1. The van der Waals surface area contributed by atoms with Gasteiger partial charge in [-0.25, -0.2) is 0 Å². The lowest BCUT2D eigenvalue weighted by atomic mass is 9.98. The van der Waals surface area contributed by atoms with Crippen LogP contribution in [0.5, 0.6) is 0 Å². The smallest absolute Gasteiger partial charge is 0.324 e. The number of pyridine rings is 1. The largest absolute Gasteiger partial charge is 0.325 e. The summed E-state index contributed by atoms with van der Waals surface area (Å²) in [4.78, 5) is 22.5. The molecule has 0 atom stereocenters. The number of fused-ring (bicyclic) bond motifs is 1. The zero-order valence-electron chi connectivity index (χ0n) is 17.8. The number of nitrogens with zero attached hydrogens (tertiary/aromatic N) is 1. The molecule has 0 saturated carbocycles. The number of rotatable bonds is 15. The van der Waals surface area contributed by atoms with Crippen LogP contribution in [-0.4, -0.2) is 27.5 Å². The molecular formula is C23H37N2O3P. The van der Waals surface area contributed by atoms with Crippen LogP contribution >= 0.6 is 7.60 Å². The van der Waals surface area contributed by atoms with Gasteiger partial charge in [0.05, 0.1) is 11.7 Å². The number of nitrogens with one attached hydrogen (secondary N) is 1. The monoisotopic (exact) mass is 420 g/mol. The molecule has 162 valence electrons. The molecule has 1 aromatic carbocycles. The van der Waals surface area contributed by atoms with Crippen molar-refractivity contribution in [2.75, 3.05) is 12.7 Å². The van der Waals surface area contributed by atoms with Crippen molar-refractivity contribution >= 4 is 18.5 Å². The maximum Gasteiger partial charge on any atom is 0.325 e. The molecule has 0 saturated heterocycles. The number of benzene rings is 1. The zero-order chi connectivity index (χ0) is 21.0. The Morgan fingerprint density at radius 3 is 2.34 bits per heavy atom. The Kier molecular flexibility index (Phi) is 10.9. The van der Waals surface area contributed by atoms with Gasteiger partial charge in [0.2, 0.25) is 0 Å². The molecule has 0 spiro atoms. The summed E-state index contributed by atoms with van der Waals surface area (Å²) in [5.41, 5.74) is 3.54. The van der Waals surface area contributed by atoms with Gasteiger partial charge in [-0.05, 0) is 43.0 Å². The molecule has 0 radical (unpaired) electrons. The highest BCUT2D eigenvalue weighted by atomic mass is 31.2. The van der Waals surface area contributed by atoms with E-state index in [1.54, 1.807) is 0 Å². The fourth-order valence-electron chi connectivity index (χ4n) is 3.73. The Hall–Kier alpha value is -1.26. The third-order valence-electron chi connectivity index (χ3n) is 5.36. The molecule has 0 unspecified atom stereocenters. The summed E-state index contributed by atoms with van der Waals surface area (Å²) in [6.07, 6.45) is 13.9. The first-order valence-corrected chi connectivity index (χ1v) is 12.9. The Morgan fingerprint density at radius 1 is 0.931 bits per heavy atom. The third-order valence-corrected chi connectivity index (χ3v) is 6.26. The molecule has 1 aromatic heterocycles. The number of aryl methyl sites for hydroxylation is 1. The second kappa shape index (κ2) is 13.1. The van der Waals surface area contributed by atoms with E-state index in [0.29, 0.717) is 19.5 Å². The van der Waals surface area contributed by atoms with E-state index < -0.39 is 7.60 Å². The SMILES string of the molecule is CCCCCCCCCCc1ccc(CNCCCP(=O)(O)O)c2ncccc12. The first-order chi connectivity index (χ1) is 14.0. The first kappa shape index (κ1) is 24.0. The minimum absolute atomic E-state index is 0.0729. The molecule has 2 rings (SSSR count). The van der Waals surface area contributed by atoms with E-state index in [1.165, 1.54) is 62.3 Å². The predicted molar refractivity (Wildman–Crippen MR) is 121 cm³/mol. The van der Waals surface area contributed by atoms with Crippen LogP contribution in [0.15, 0.2) is 30.5 Å². The molecule has 6 heteroatoms. The second-order valence-electron chi connectivity index (χ2n) is 7.93. The van der Waals surface area contributed by atoms with E-state index in [-0.39, 0.29) is 6.16 Å². The van der Waals surface area contributed by atoms with Crippen LogP contribution in [-0.2, 0) is 17.5 Å². The Bertz CT molecular complexity index is 776. The third kappa shape index (κ3) is 9.39. The van der Waals surface area contributed by atoms with Crippen LogP contribution in [0.25, 0.3) is 10.9 Å². The minimum Gasteiger partial charge on any atom is -0.324 e. The quantitative estimate of drug-likeness (QED) is 0.259. The lowest BCUT2D eigenvalue weighted by molar-refractivity contribution is 0.371. The molecule has 3 N–H and O–H groups in total. The van der Waals surface area contributed by atoms with Crippen molar-refractivity contribution in [2.24, 2.45) is 0 Å². The minimum atomic E-state index is -3.90. The highest BCUT2D eigenvalue weighted by Gasteiger charge is 2.11. The van der Waals surface area contributed by atoms with Crippen molar-refractivity contribution in [1.82, 2.24) is 10.3 Å². The van der Waals surface area contributed by atoms with Gasteiger partial charge in [-0.1, -0.05) is 70.1 Å². The average molecular weight is 421 g/mol. The maximum absolute atomic E-state index is 10.9. The van der Waals surface area contributed by atoms with Gasteiger partial charge in [-0.3, -0.25) is 9.55 Å². The van der Waals surface area contributed by atoms with Crippen molar-refractivity contribution < 1.29 is 14.4 Å². The molecular weight excluding hydrogens is 383 g/mol. The van der Waals surface area contributed by atoms with E-state index in [4.69, 9.17) is 9.79 Å². The maximum atomic E-state index is 10.9. The van der Waals surface area contributed by atoms with Gasteiger partial charge in [0.15, 0.2) is 0 Å². The molecule has 1 heterocycles. The standard InChI is InChI=1S/C23H37N2O3P/c1-2-3-4-5-6-7-8-9-12-20-14-15-21(23-22(20)13-10-17-25-23)19-24-16-11-18-29(26,27)28/h10,13-15,17,24H,2-9,11-12,16,18-19H2,1H3,(H2,26,27,28). The van der Waals surface area contributed by atoms with Crippen LogP contribution in [0.2, 0.25) is 0 Å². The summed E-state index contributed by atoms with van der Waals surface area (Å²) < 4.78 is 10.9. The van der Waals surface area contributed by atoms with Gasteiger partial charge in [-0.2, -0.15) is 0 Å². The first-order valence-electron chi connectivity index (χ1n) is 11.1. The predicted octanol–water partition coefficient (Wildman–Crippen LogP) is 5.58. The topological polar surface area (TPSA) is 82.5 Å². The van der Waals surface area contributed by atoms with Crippen molar-refractivity contribution in [3.05, 3.63) is 41.6 Å². The van der Waals surface area contributed by atoms with E-state index in [2.05, 4.69) is 35.4 Å². The fraction of sp³-hybridized carbons (Fsp3) is 0.609.